The minimum atomic E-state index is -0.506. The Balaban J connectivity index is 2.01. The summed E-state index contributed by atoms with van der Waals surface area (Å²) >= 11 is 0. The first-order valence-corrected chi connectivity index (χ1v) is 8.35. The number of carbonyl (C=O) groups excluding carboxylic acids is 1. The van der Waals surface area contributed by atoms with Crippen LogP contribution < -0.4 is 5.32 Å². The van der Waals surface area contributed by atoms with E-state index in [0.29, 0.717) is 25.3 Å². The Hall–Kier alpha value is -2.40. The zero-order valence-corrected chi connectivity index (χ0v) is 14.3. The molecule has 0 saturated heterocycles. The van der Waals surface area contributed by atoms with Crippen molar-refractivity contribution in [3.8, 4) is 0 Å². The summed E-state index contributed by atoms with van der Waals surface area (Å²) < 4.78 is 0. The molecule has 0 aliphatic heterocycles. The lowest BCUT2D eigenvalue weighted by molar-refractivity contribution is 0.124. The van der Waals surface area contributed by atoms with Crippen molar-refractivity contribution < 1.29 is 9.90 Å². The molecule has 2 aromatic rings. The minimum absolute atomic E-state index is 0.241. The van der Waals surface area contributed by atoms with E-state index in [1.807, 2.05) is 44.2 Å². The van der Waals surface area contributed by atoms with Crippen LogP contribution in [0.15, 0.2) is 48.7 Å². The quantitative estimate of drug-likeness (QED) is 0.820. The molecule has 0 aliphatic rings. The Bertz CT molecular complexity index is 646. The molecule has 0 radical (unpaired) electrons. The lowest BCUT2D eigenvalue weighted by atomic mass is 10.1. The van der Waals surface area contributed by atoms with Gasteiger partial charge in [-0.25, -0.2) is 9.78 Å². The smallest absolute Gasteiger partial charge is 0.323 e. The van der Waals surface area contributed by atoms with Crippen LogP contribution in [0.4, 0.5) is 10.6 Å². The number of rotatable bonds is 7. The third-order valence-electron chi connectivity index (χ3n) is 3.88. The summed E-state index contributed by atoms with van der Waals surface area (Å²) in [6.07, 6.45) is 2.60. The highest BCUT2D eigenvalue weighted by Gasteiger charge is 2.15. The van der Waals surface area contributed by atoms with Gasteiger partial charge in [0.05, 0.1) is 6.10 Å². The number of anilines is 1. The Morgan fingerprint density at radius 1 is 1.21 bits per heavy atom. The van der Waals surface area contributed by atoms with Gasteiger partial charge < -0.3 is 10.0 Å². The number of urea groups is 1. The van der Waals surface area contributed by atoms with Crippen LogP contribution in [0.25, 0.3) is 0 Å². The molecule has 1 aromatic heterocycles. The average molecular weight is 327 g/mol. The fourth-order valence-corrected chi connectivity index (χ4v) is 2.41. The molecule has 0 spiro atoms. The van der Waals surface area contributed by atoms with Crippen molar-refractivity contribution in [3.05, 3.63) is 59.8 Å². The maximum Gasteiger partial charge on any atom is 0.323 e. The van der Waals surface area contributed by atoms with Crippen LogP contribution in [0.5, 0.6) is 0 Å². The van der Waals surface area contributed by atoms with Crippen LogP contribution in [-0.4, -0.2) is 40.2 Å². The predicted molar refractivity (Wildman–Crippen MR) is 96.0 cm³/mol. The second kappa shape index (κ2) is 9.03. The summed E-state index contributed by atoms with van der Waals surface area (Å²) in [4.78, 5) is 18.1. The van der Waals surface area contributed by atoms with E-state index in [1.165, 1.54) is 5.56 Å². The Morgan fingerprint density at radius 3 is 2.62 bits per heavy atom. The SMILES string of the molecule is CCC(O)CN(CC)C(=O)Nc1cc(Cc2ccccc2)ccn1. The fourth-order valence-electron chi connectivity index (χ4n) is 2.41. The van der Waals surface area contributed by atoms with Gasteiger partial charge in [-0.15, -0.1) is 0 Å². The number of amides is 2. The highest BCUT2D eigenvalue weighted by molar-refractivity contribution is 5.88. The second-order valence-corrected chi connectivity index (χ2v) is 5.74. The molecule has 2 N–H and O–H groups in total. The van der Waals surface area contributed by atoms with E-state index in [4.69, 9.17) is 0 Å². The maximum absolute atomic E-state index is 12.3. The van der Waals surface area contributed by atoms with E-state index < -0.39 is 6.10 Å². The zero-order valence-electron chi connectivity index (χ0n) is 14.3. The topological polar surface area (TPSA) is 65.5 Å². The number of likely N-dealkylation sites (N-methyl/N-ethyl adjacent to an activating group) is 1. The van der Waals surface area contributed by atoms with Gasteiger partial charge in [0, 0.05) is 19.3 Å². The minimum Gasteiger partial charge on any atom is -0.391 e. The molecule has 24 heavy (non-hydrogen) atoms. The van der Waals surface area contributed by atoms with Gasteiger partial charge in [0.1, 0.15) is 5.82 Å². The van der Waals surface area contributed by atoms with E-state index in [-0.39, 0.29) is 6.03 Å². The van der Waals surface area contributed by atoms with E-state index in [2.05, 4.69) is 22.4 Å². The molecule has 1 aromatic carbocycles. The largest absolute Gasteiger partial charge is 0.391 e. The lowest BCUT2D eigenvalue weighted by Gasteiger charge is -2.23. The van der Waals surface area contributed by atoms with Crippen molar-refractivity contribution in [2.75, 3.05) is 18.4 Å². The van der Waals surface area contributed by atoms with Gasteiger partial charge >= 0.3 is 6.03 Å². The van der Waals surface area contributed by atoms with Crippen molar-refractivity contribution >= 4 is 11.8 Å². The molecule has 1 heterocycles. The first-order valence-electron chi connectivity index (χ1n) is 8.35. The molecule has 0 fully saturated rings. The van der Waals surface area contributed by atoms with Gasteiger partial charge in [-0.1, -0.05) is 37.3 Å². The first-order chi connectivity index (χ1) is 11.6. The predicted octanol–water partition coefficient (Wildman–Crippen LogP) is 3.30. The number of carbonyl (C=O) groups is 1. The number of aliphatic hydroxyl groups excluding tert-OH is 1. The second-order valence-electron chi connectivity index (χ2n) is 5.74. The summed E-state index contributed by atoms with van der Waals surface area (Å²) in [7, 11) is 0. The molecule has 1 atom stereocenters. The van der Waals surface area contributed by atoms with Gasteiger partial charge in [-0.2, -0.15) is 0 Å². The van der Waals surface area contributed by atoms with Crippen molar-refractivity contribution in [3.63, 3.8) is 0 Å². The van der Waals surface area contributed by atoms with Gasteiger partial charge in [0.25, 0.3) is 0 Å². The molecule has 0 aliphatic carbocycles. The number of aliphatic hydroxyl groups is 1. The van der Waals surface area contributed by atoms with Crippen LogP contribution in [0, 0.1) is 0 Å². The number of hydrogen-bond donors (Lipinski definition) is 2. The molecule has 5 nitrogen and oxygen atoms in total. The summed E-state index contributed by atoms with van der Waals surface area (Å²) in [5.41, 5.74) is 2.30. The molecule has 2 rings (SSSR count). The Kier molecular flexibility index (Phi) is 6.75. The van der Waals surface area contributed by atoms with E-state index >= 15 is 0 Å². The molecular formula is C19H25N3O2. The fraction of sp³-hybridized carbons (Fsp3) is 0.368. The number of nitrogens with one attached hydrogen (secondary N) is 1. The molecule has 0 saturated carbocycles. The first kappa shape index (κ1) is 17.9. The molecular weight excluding hydrogens is 302 g/mol. The summed E-state index contributed by atoms with van der Waals surface area (Å²) in [5.74, 6) is 0.526. The molecule has 2 amide bonds. The molecule has 1 unspecified atom stereocenters. The van der Waals surface area contributed by atoms with Gasteiger partial charge in [-0.05, 0) is 43.0 Å². The van der Waals surface area contributed by atoms with Crippen molar-refractivity contribution in [1.29, 1.82) is 0 Å². The highest BCUT2D eigenvalue weighted by Crippen LogP contribution is 2.13. The summed E-state index contributed by atoms with van der Waals surface area (Å²) in [6.45, 7) is 4.64. The van der Waals surface area contributed by atoms with E-state index in [0.717, 1.165) is 12.0 Å². The van der Waals surface area contributed by atoms with E-state index in [9.17, 15) is 9.90 Å². The van der Waals surface area contributed by atoms with Crippen LogP contribution in [0.2, 0.25) is 0 Å². The molecule has 5 heteroatoms. The Morgan fingerprint density at radius 2 is 1.96 bits per heavy atom. The highest BCUT2D eigenvalue weighted by atomic mass is 16.3. The number of pyridine rings is 1. The average Bonchev–Trinajstić information content (AvgIpc) is 2.60. The zero-order chi connectivity index (χ0) is 17.4. The van der Waals surface area contributed by atoms with Crippen LogP contribution in [0.3, 0.4) is 0 Å². The monoisotopic (exact) mass is 327 g/mol. The standard InChI is InChI=1S/C19H25N3O2/c1-3-17(23)14-22(4-2)19(24)21-18-13-16(10-11-20-18)12-15-8-6-5-7-9-15/h5-11,13,17,23H,3-4,12,14H2,1-2H3,(H,20,21,24). The molecule has 0 bridgehead atoms. The number of benzene rings is 1. The third kappa shape index (κ3) is 5.35. The van der Waals surface area contributed by atoms with Crippen molar-refractivity contribution in [1.82, 2.24) is 9.88 Å². The van der Waals surface area contributed by atoms with Gasteiger partial charge in [0.15, 0.2) is 0 Å². The number of hydrogen-bond acceptors (Lipinski definition) is 3. The molecule has 128 valence electrons. The number of aromatic nitrogens is 1. The van der Waals surface area contributed by atoms with Crippen LogP contribution in [0.1, 0.15) is 31.4 Å². The number of nitrogens with zero attached hydrogens (tertiary/aromatic N) is 2. The lowest BCUT2D eigenvalue weighted by Crippen LogP contribution is -2.40. The van der Waals surface area contributed by atoms with Crippen molar-refractivity contribution in [2.24, 2.45) is 0 Å². The summed E-state index contributed by atoms with van der Waals surface area (Å²) in [6, 6.07) is 13.7. The maximum atomic E-state index is 12.3. The van der Waals surface area contributed by atoms with Crippen LogP contribution in [-0.2, 0) is 6.42 Å². The normalized spacial score (nSPS) is 11.8. The summed E-state index contributed by atoms with van der Waals surface area (Å²) in [5, 5.41) is 12.6. The Labute approximate surface area is 143 Å². The van der Waals surface area contributed by atoms with Gasteiger partial charge in [-0.3, -0.25) is 5.32 Å². The third-order valence-corrected chi connectivity index (χ3v) is 3.88. The van der Waals surface area contributed by atoms with Crippen LogP contribution >= 0.6 is 0 Å². The van der Waals surface area contributed by atoms with E-state index in [1.54, 1.807) is 11.1 Å². The van der Waals surface area contributed by atoms with Gasteiger partial charge in [0.2, 0.25) is 0 Å². The van der Waals surface area contributed by atoms with Crippen molar-refractivity contribution in [2.45, 2.75) is 32.8 Å².